The van der Waals surface area contributed by atoms with Crippen LogP contribution in [0, 0.1) is 0 Å². The largest absolute Gasteiger partial charge is 0.422 e. The van der Waals surface area contributed by atoms with E-state index >= 15 is 0 Å². The normalized spacial score (nSPS) is 15.9. The molecule has 0 amide bonds. The van der Waals surface area contributed by atoms with Crippen molar-refractivity contribution in [2.45, 2.75) is 32.6 Å². The Morgan fingerprint density at radius 2 is 2.04 bits per heavy atom. The molecule has 0 saturated heterocycles. The van der Waals surface area contributed by atoms with Crippen LogP contribution in [0.5, 0.6) is 0 Å². The maximum absolute atomic E-state index is 12.7. The first-order valence-corrected chi connectivity index (χ1v) is 9.79. The molecule has 1 N–H and O–H groups in total. The van der Waals surface area contributed by atoms with E-state index in [2.05, 4.69) is 41.7 Å². The van der Waals surface area contributed by atoms with Gasteiger partial charge >= 0.3 is 5.63 Å². The minimum Gasteiger partial charge on any atom is -0.422 e. The van der Waals surface area contributed by atoms with E-state index < -0.39 is 0 Å². The number of hydrogen-bond acceptors (Lipinski definition) is 4. The number of H-pyrrole nitrogens is 1. The number of nitrogens with zero attached hydrogens (tertiary/aromatic N) is 2. The van der Waals surface area contributed by atoms with E-state index in [1.807, 2.05) is 36.4 Å². The Balaban J connectivity index is 1.73. The molecule has 1 aliphatic rings. The topological polar surface area (TPSA) is 62.1 Å². The van der Waals surface area contributed by atoms with Gasteiger partial charge in [0, 0.05) is 30.2 Å². The van der Waals surface area contributed by atoms with Crippen LogP contribution in [-0.2, 0) is 5.41 Å². The number of aromatic amines is 1. The van der Waals surface area contributed by atoms with Gasteiger partial charge in [-0.1, -0.05) is 26.0 Å². The zero-order valence-corrected chi connectivity index (χ0v) is 16.4. The van der Waals surface area contributed by atoms with Gasteiger partial charge < -0.3 is 14.3 Å². The Morgan fingerprint density at radius 1 is 1.21 bits per heavy atom. The molecular weight excluding hydrogens is 350 g/mol. The molecule has 0 unspecified atom stereocenters. The summed E-state index contributed by atoms with van der Waals surface area (Å²) < 4.78 is 5.73. The highest BCUT2D eigenvalue weighted by Gasteiger charge is 2.31. The van der Waals surface area contributed by atoms with Crippen molar-refractivity contribution in [1.82, 2.24) is 9.97 Å². The van der Waals surface area contributed by atoms with Crippen molar-refractivity contribution in [3.05, 3.63) is 58.4 Å². The van der Waals surface area contributed by atoms with E-state index in [1.54, 1.807) is 0 Å². The second kappa shape index (κ2) is 5.96. The van der Waals surface area contributed by atoms with E-state index in [4.69, 9.17) is 4.42 Å². The summed E-state index contributed by atoms with van der Waals surface area (Å²) in [4.78, 5) is 22.9. The first kappa shape index (κ1) is 17.0. The molecule has 0 aliphatic carbocycles. The standard InChI is InChI=1S/C23H23N3O2/c1-4-26-10-9-23(2,3)16-12-14-11-15(22(27)28-20(14)13-19(16)26)21-24-17-7-5-6-8-18(17)25-21/h5-8,11-13H,4,9-10H2,1-3H3,(H,24,25). The fourth-order valence-corrected chi connectivity index (χ4v) is 4.20. The van der Waals surface area contributed by atoms with Crippen LogP contribution in [-0.4, -0.2) is 23.1 Å². The monoisotopic (exact) mass is 373 g/mol. The van der Waals surface area contributed by atoms with Gasteiger partial charge in [0.2, 0.25) is 0 Å². The first-order valence-electron chi connectivity index (χ1n) is 9.79. The summed E-state index contributed by atoms with van der Waals surface area (Å²) in [5.74, 6) is 0.545. The summed E-state index contributed by atoms with van der Waals surface area (Å²) >= 11 is 0. The zero-order valence-electron chi connectivity index (χ0n) is 16.4. The van der Waals surface area contributed by atoms with Crippen LogP contribution in [0.3, 0.4) is 0 Å². The molecule has 142 valence electrons. The summed E-state index contributed by atoms with van der Waals surface area (Å²) in [5, 5.41) is 0.930. The second-order valence-electron chi connectivity index (χ2n) is 8.17. The molecule has 28 heavy (non-hydrogen) atoms. The van der Waals surface area contributed by atoms with Crippen molar-refractivity contribution in [2.75, 3.05) is 18.0 Å². The highest BCUT2D eigenvalue weighted by molar-refractivity contribution is 5.87. The average Bonchev–Trinajstić information content (AvgIpc) is 3.10. The predicted molar refractivity (Wildman–Crippen MR) is 113 cm³/mol. The number of imidazole rings is 1. The van der Waals surface area contributed by atoms with Gasteiger partial charge in [-0.25, -0.2) is 9.78 Å². The van der Waals surface area contributed by atoms with Gasteiger partial charge in [-0.2, -0.15) is 0 Å². The molecule has 0 fully saturated rings. The molecule has 2 aromatic carbocycles. The lowest BCUT2D eigenvalue weighted by molar-refractivity contribution is 0.456. The summed E-state index contributed by atoms with van der Waals surface area (Å²) in [7, 11) is 0. The van der Waals surface area contributed by atoms with Crippen molar-refractivity contribution in [1.29, 1.82) is 0 Å². The Hall–Kier alpha value is -3.08. The molecule has 5 rings (SSSR count). The van der Waals surface area contributed by atoms with Gasteiger partial charge in [-0.3, -0.25) is 0 Å². The fraction of sp³-hybridized carbons (Fsp3) is 0.304. The van der Waals surface area contributed by atoms with Gasteiger partial charge in [0.05, 0.1) is 11.0 Å². The minimum absolute atomic E-state index is 0.0881. The molecule has 1 aliphatic heterocycles. The molecule has 0 saturated carbocycles. The summed E-state index contributed by atoms with van der Waals surface area (Å²) in [6.45, 7) is 8.68. The molecule has 5 nitrogen and oxygen atoms in total. The van der Waals surface area contributed by atoms with Crippen LogP contribution >= 0.6 is 0 Å². The Labute approximate surface area is 163 Å². The lowest BCUT2D eigenvalue weighted by Gasteiger charge is -2.40. The van der Waals surface area contributed by atoms with Gasteiger partial charge in [-0.05, 0) is 48.6 Å². The molecule has 0 spiro atoms. The maximum atomic E-state index is 12.7. The summed E-state index contributed by atoms with van der Waals surface area (Å²) in [5.41, 5.74) is 5.02. The molecule has 5 heteroatoms. The van der Waals surface area contributed by atoms with Crippen LogP contribution < -0.4 is 10.5 Å². The van der Waals surface area contributed by atoms with E-state index in [9.17, 15) is 4.79 Å². The number of nitrogens with one attached hydrogen (secondary N) is 1. The lowest BCUT2D eigenvalue weighted by Crippen LogP contribution is -2.37. The molecule has 0 bridgehead atoms. The van der Waals surface area contributed by atoms with Crippen molar-refractivity contribution in [3.8, 4) is 11.4 Å². The summed E-state index contributed by atoms with van der Waals surface area (Å²) in [6, 6.07) is 13.9. The highest BCUT2D eigenvalue weighted by Crippen LogP contribution is 2.41. The van der Waals surface area contributed by atoms with Gasteiger partial charge in [0.15, 0.2) is 0 Å². The van der Waals surface area contributed by atoms with Gasteiger partial charge in [-0.15, -0.1) is 0 Å². The number of aromatic nitrogens is 2. The van der Waals surface area contributed by atoms with Crippen LogP contribution in [0.2, 0.25) is 0 Å². The minimum atomic E-state index is -0.371. The van der Waals surface area contributed by atoms with Gasteiger partial charge in [0.25, 0.3) is 0 Å². The van der Waals surface area contributed by atoms with Crippen molar-refractivity contribution in [3.63, 3.8) is 0 Å². The van der Waals surface area contributed by atoms with E-state index in [-0.39, 0.29) is 11.0 Å². The van der Waals surface area contributed by atoms with Crippen LogP contribution in [0.1, 0.15) is 32.8 Å². The fourth-order valence-electron chi connectivity index (χ4n) is 4.20. The number of rotatable bonds is 2. The highest BCUT2D eigenvalue weighted by atomic mass is 16.4. The quantitative estimate of drug-likeness (QED) is 0.511. The number of benzene rings is 2. The molecule has 3 heterocycles. The van der Waals surface area contributed by atoms with Crippen LogP contribution in [0.15, 0.2) is 51.7 Å². The van der Waals surface area contributed by atoms with E-state index in [0.29, 0.717) is 17.0 Å². The number of hydrogen-bond donors (Lipinski definition) is 1. The number of para-hydroxylation sites is 2. The average molecular weight is 373 g/mol. The smallest absolute Gasteiger partial charge is 0.347 e. The third-order valence-corrected chi connectivity index (χ3v) is 5.95. The van der Waals surface area contributed by atoms with Gasteiger partial charge in [0.1, 0.15) is 17.0 Å². The van der Waals surface area contributed by atoms with E-state index in [0.717, 1.165) is 35.9 Å². The van der Waals surface area contributed by atoms with Crippen molar-refractivity contribution < 1.29 is 4.42 Å². The molecule has 2 aromatic heterocycles. The third kappa shape index (κ3) is 2.53. The maximum Gasteiger partial charge on any atom is 0.347 e. The zero-order chi connectivity index (χ0) is 19.5. The Kier molecular flexibility index (Phi) is 3.63. The molecular formula is C23H23N3O2. The molecule has 0 radical (unpaired) electrons. The van der Waals surface area contributed by atoms with E-state index in [1.165, 1.54) is 11.3 Å². The van der Waals surface area contributed by atoms with Crippen molar-refractivity contribution >= 4 is 27.7 Å². The second-order valence-corrected chi connectivity index (χ2v) is 8.17. The summed E-state index contributed by atoms with van der Waals surface area (Å²) in [6.07, 6.45) is 1.10. The SMILES string of the molecule is CCN1CCC(C)(C)c2cc3cc(-c4nc5ccccc5[nH]4)c(=O)oc3cc21. The predicted octanol–water partition coefficient (Wildman–Crippen LogP) is 4.84. The Morgan fingerprint density at radius 3 is 2.82 bits per heavy atom. The third-order valence-electron chi connectivity index (χ3n) is 5.95. The van der Waals surface area contributed by atoms with Crippen molar-refractivity contribution in [2.24, 2.45) is 0 Å². The molecule has 0 atom stereocenters. The first-order chi connectivity index (χ1) is 13.5. The number of fused-ring (bicyclic) bond motifs is 3. The van der Waals surface area contributed by atoms with Crippen LogP contribution in [0.25, 0.3) is 33.4 Å². The lowest BCUT2D eigenvalue weighted by atomic mass is 9.77. The van der Waals surface area contributed by atoms with Crippen LogP contribution in [0.4, 0.5) is 5.69 Å². The molecule has 4 aromatic rings. The number of anilines is 1. The Bertz CT molecular complexity index is 1230.